The number of sulfonamides is 1. The van der Waals surface area contributed by atoms with E-state index < -0.39 is 10.0 Å². The molecule has 23 heavy (non-hydrogen) atoms. The Morgan fingerprint density at radius 2 is 2.13 bits per heavy atom. The zero-order chi connectivity index (χ0) is 17.0. The van der Waals surface area contributed by atoms with Crippen LogP contribution < -0.4 is 10.1 Å². The highest BCUT2D eigenvalue weighted by Crippen LogP contribution is 2.20. The quantitative estimate of drug-likeness (QED) is 0.874. The van der Waals surface area contributed by atoms with E-state index in [4.69, 9.17) is 4.74 Å². The van der Waals surface area contributed by atoms with Gasteiger partial charge in [0.25, 0.3) is 5.91 Å². The first-order chi connectivity index (χ1) is 10.8. The number of ether oxygens (including phenoxy) is 1. The first-order valence-electron chi connectivity index (χ1n) is 7.71. The normalized spacial score (nSPS) is 19.3. The van der Waals surface area contributed by atoms with Gasteiger partial charge in [-0.2, -0.15) is 0 Å². The fraction of sp³-hybridized carbons (Fsp3) is 0.562. The summed E-state index contributed by atoms with van der Waals surface area (Å²) < 4.78 is 30.2. The Morgan fingerprint density at radius 1 is 1.39 bits per heavy atom. The van der Waals surface area contributed by atoms with E-state index in [1.54, 1.807) is 0 Å². The van der Waals surface area contributed by atoms with E-state index in [0.29, 0.717) is 18.8 Å². The molecule has 0 radical (unpaired) electrons. The molecular weight excluding hydrogens is 316 g/mol. The molecule has 0 aromatic heterocycles. The minimum absolute atomic E-state index is 0.0698. The first-order valence-corrected chi connectivity index (χ1v) is 9.55. The van der Waals surface area contributed by atoms with Gasteiger partial charge in [0.05, 0.1) is 6.26 Å². The van der Waals surface area contributed by atoms with Gasteiger partial charge in [-0.15, -0.1) is 0 Å². The average molecular weight is 340 g/mol. The Hall–Kier alpha value is -1.60. The summed E-state index contributed by atoms with van der Waals surface area (Å²) in [6.45, 7) is 4.72. The summed E-state index contributed by atoms with van der Waals surface area (Å²) in [5, 5.41) is 2.86. The lowest BCUT2D eigenvalue weighted by Gasteiger charge is -2.31. The van der Waals surface area contributed by atoms with Crippen LogP contribution in [0, 0.1) is 13.8 Å². The van der Waals surface area contributed by atoms with Crippen LogP contribution in [0.3, 0.4) is 0 Å². The van der Waals surface area contributed by atoms with Crippen LogP contribution in [0.4, 0.5) is 0 Å². The van der Waals surface area contributed by atoms with E-state index in [9.17, 15) is 13.2 Å². The number of amides is 1. The summed E-state index contributed by atoms with van der Waals surface area (Å²) >= 11 is 0. The second-order valence-electron chi connectivity index (χ2n) is 6.01. The van der Waals surface area contributed by atoms with Crippen molar-refractivity contribution in [2.75, 3.05) is 26.0 Å². The molecule has 1 N–H and O–H groups in total. The van der Waals surface area contributed by atoms with Crippen molar-refractivity contribution in [2.24, 2.45) is 0 Å². The van der Waals surface area contributed by atoms with Gasteiger partial charge in [0, 0.05) is 19.1 Å². The van der Waals surface area contributed by atoms with Crippen molar-refractivity contribution in [3.63, 3.8) is 0 Å². The maximum Gasteiger partial charge on any atom is 0.258 e. The van der Waals surface area contributed by atoms with Crippen LogP contribution >= 0.6 is 0 Å². The SMILES string of the molecule is Cc1cccc(OCC(=O)NC2CCCN(S(C)(=O)=O)C2)c1C. The van der Waals surface area contributed by atoms with Gasteiger partial charge in [-0.1, -0.05) is 12.1 Å². The van der Waals surface area contributed by atoms with Gasteiger partial charge in [-0.25, -0.2) is 12.7 Å². The number of rotatable bonds is 5. The maximum atomic E-state index is 12.0. The molecular formula is C16H24N2O4S. The van der Waals surface area contributed by atoms with E-state index >= 15 is 0 Å². The molecule has 2 rings (SSSR count). The van der Waals surface area contributed by atoms with Crippen LogP contribution in [-0.2, 0) is 14.8 Å². The minimum atomic E-state index is -3.21. The number of nitrogens with zero attached hydrogens (tertiary/aromatic N) is 1. The zero-order valence-electron chi connectivity index (χ0n) is 13.8. The van der Waals surface area contributed by atoms with E-state index in [2.05, 4.69) is 5.32 Å². The number of piperidine rings is 1. The fourth-order valence-corrected chi connectivity index (χ4v) is 3.57. The van der Waals surface area contributed by atoms with Gasteiger partial charge < -0.3 is 10.1 Å². The van der Waals surface area contributed by atoms with E-state index in [1.165, 1.54) is 10.6 Å². The number of aryl methyl sites for hydroxylation is 1. The number of nitrogens with one attached hydrogen (secondary N) is 1. The molecule has 1 aromatic rings. The van der Waals surface area contributed by atoms with Crippen molar-refractivity contribution in [1.29, 1.82) is 0 Å². The third-order valence-electron chi connectivity index (χ3n) is 4.13. The van der Waals surface area contributed by atoms with Gasteiger partial charge in [-0.3, -0.25) is 4.79 Å². The third kappa shape index (κ3) is 4.94. The molecule has 1 unspecified atom stereocenters. The Bertz CT molecular complexity index is 673. The smallest absolute Gasteiger partial charge is 0.258 e. The summed E-state index contributed by atoms with van der Waals surface area (Å²) in [6, 6.07) is 5.56. The lowest BCUT2D eigenvalue weighted by Crippen LogP contribution is -2.50. The first kappa shape index (κ1) is 17.7. The topological polar surface area (TPSA) is 75.7 Å². The molecule has 1 aliphatic rings. The molecule has 1 saturated heterocycles. The second kappa shape index (κ2) is 7.31. The van der Waals surface area contributed by atoms with Crippen molar-refractivity contribution < 1.29 is 17.9 Å². The lowest BCUT2D eigenvalue weighted by atomic mass is 10.1. The van der Waals surface area contributed by atoms with Crippen molar-refractivity contribution in [1.82, 2.24) is 9.62 Å². The van der Waals surface area contributed by atoms with Crippen molar-refractivity contribution in [3.05, 3.63) is 29.3 Å². The van der Waals surface area contributed by atoms with Crippen molar-refractivity contribution >= 4 is 15.9 Å². The summed E-state index contributed by atoms with van der Waals surface area (Å²) in [7, 11) is -3.21. The monoisotopic (exact) mass is 340 g/mol. The van der Waals surface area contributed by atoms with Gasteiger partial charge in [0.15, 0.2) is 6.61 Å². The third-order valence-corrected chi connectivity index (χ3v) is 5.40. The van der Waals surface area contributed by atoms with Gasteiger partial charge in [0.1, 0.15) is 5.75 Å². The van der Waals surface area contributed by atoms with Gasteiger partial charge in [0.2, 0.25) is 10.0 Å². The van der Waals surface area contributed by atoms with Crippen LogP contribution in [0.15, 0.2) is 18.2 Å². The molecule has 7 heteroatoms. The molecule has 1 fully saturated rings. The molecule has 128 valence electrons. The zero-order valence-corrected chi connectivity index (χ0v) is 14.6. The Kier molecular flexibility index (Phi) is 5.64. The number of benzene rings is 1. The van der Waals surface area contributed by atoms with Crippen LogP contribution in [0.2, 0.25) is 0 Å². The molecule has 1 aliphatic heterocycles. The van der Waals surface area contributed by atoms with Crippen LogP contribution in [0.1, 0.15) is 24.0 Å². The van der Waals surface area contributed by atoms with E-state index in [-0.39, 0.29) is 18.6 Å². The number of carbonyl (C=O) groups is 1. The van der Waals surface area contributed by atoms with Crippen molar-refractivity contribution in [2.45, 2.75) is 32.7 Å². The van der Waals surface area contributed by atoms with Gasteiger partial charge in [-0.05, 0) is 43.9 Å². The predicted octanol–water partition coefficient (Wildman–Crippen LogP) is 1.22. The summed E-state index contributed by atoms with van der Waals surface area (Å²) in [4.78, 5) is 12.0. The lowest BCUT2D eigenvalue weighted by molar-refractivity contribution is -0.124. The van der Waals surface area contributed by atoms with E-state index in [1.807, 2.05) is 32.0 Å². The standard InChI is InChI=1S/C16H24N2O4S/c1-12-6-4-8-15(13(12)2)22-11-16(19)17-14-7-5-9-18(10-14)23(3,20)21/h4,6,8,14H,5,7,9-11H2,1-3H3,(H,17,19). The van der Waals surface area contributed by atoms with E-state index in [0.717, 1.165) is 24.0 Å². The molecule has 0 aliphatic carbocycles. The fourth-order valence-electron chi connectivity index (χ4n) is 2.65. The molecule has 1 atom stereocenters. The summed E-state index contributed by atoms with van der Waals surface area (Å²) in [5.74, 6) is 0.466. The highest BCUT2D eigenvalue weighted by atomic mass is 32.2. The Morgan fingerprint density at radius 3 is 2.83 bits per heavy atom. The highest BCUT2D eigenvalue weighted by molar-refractivity contribution is 7.88. The summed E-state index contributed by atoms with van der Waals surface area (Å²) in [6.07, 6.45) is 2.72. The summed E-state index contributed by atoms with van der Waals surface area (Å²) in [5.41, 5.74) is 2.13. The maximum absolute atomic E-state index is 12.0. The predicted molar refractivity (Wildman–Crippen MR) is 89.0 cm³/mol. The molecule has 0 saturated carbocycles. The van der Waals surface area contributed by atoms with Crippen LogP contribution in [-0.4, -0.2) is 50.6 Å². The largest absolute Gasteiger partial charge is 0.483 e. The molecule has 1 aromatic carbocycles. The molecule has 1 amide bonds. The Labute approximate surface area is 137 Å². The van der Waals surface area contributed by atoms with Gasteiger partial charge >= 0.3 is 0 Å². The molecule has 6 nitrogen and oxygen atoms in total. The van der Waals surface area contributed by atoms with Crippen LogP contribution in [0.5, 0.6) is 5.75 Å². The van der Waals surface area contributed by atoms with Crippen molar-refractivity contribution in [3.8, 4) is 5.75 Å². The highest BCUT2D eigenvalue weighted by Gasteiger charge is 2.26. The van der Waals surface area contributed by atoms with Crippen LogP contribution in [0.25, 0.3) is 0 Å². The average Bonchev–Trinajstić information content (AvgIpc) is 2.48. The second-order valence-corrected chi connectivity index (χ2v) is 8.00. The number of carbonyl (C=O) groups excluding carboxylic acids is 1. The minimum Gasteiger partial charge on any atom is -0.483 e. The molecule has 0 bridgehead atoms. The number of hydrogen-bond donors (Lipinski definition) is 1. The number of hydrogen-bond acceptors (Lipinski definition) is 4. The molecule has 1 heterocycles. The Balaban J connectivity index is 1.86. The molecule has 0 spiro atoms.